The molecule has 0 spiro atoms. The Labute approximate surface area is 118 Å². The molecule has 0 aromatic carbocycles. The van der Waals surface area contributed by atoms with Gasteiger partial charge in [0.1, 0.15) is 0 Å². The van der Waals surface area contributed by atoms with Crippen LogP contribution in [0, 0.1) is 11.8 Å². The number of hydrogen-bond acceptors (Lipinski definition) is 3. The molecule has 3 heteroatoms. The zero-order chi connectivity index (χ0) is 13.9. The molecule has 2 rings (SSSR count). The maximum atomic E-state index is 6.23. The van der Waals surface area contributed by atoms with Gasteiger partial charge in [-0.1, -0.05) is 20.8 Å². The SMILES string of the molecule is CCCN(CC1CC1)C1(CN)CCOC(C(C)C)C1. The van der Waals surface area contributed by atoms with E-state index in [9.17, 15) is 0 Å². The molecule has 1 aliphatic heterocycles. The minimum Gasteiger partial charge on any atom is -0.378 e. The van der Waals surface area contributed by atoms with Crippen LogP contribution in [-0.4, -0.2) is 42.8 Å². The summed E-state index contributed by atoms with van der Waals surface area (Å²) in [5.41, 5.74) is 6.43. The van der Waals surface area contributed by atoms with Gasteiger partial charge in [-0.2, -0.15) is 0 Å². The summed E-state index contributed by atoms with van der Waals surface area (Å²) in [6, 6.07) is 0. The topological polar surface area (TPSA) is 38.5 Å². The molecule has 2 atom stereocenters. The van der Waals surface area contributed by atoms with E-state index in [1.807, 2.05) is 0 Å². The third-order valence-electron chi connectivity index (χ3n) is 4.94. The average Bonchev–Trinajstić information content (AvgIpc) is 3.22. The zero-order valence-electron chi connectivity index (χ0n) is 13.0. The first kappa shape index (κ1) is 15.3. The molecule has 2 N–H and O–H groups in total. The molecule has 1 saturated carbocycles. The molecule has 0 aromatic rings. The maximum Gasteiger partial charge on any atom is 0.0616 e. The van der Waals surface area contributed by atoms with Crippen molar-refractivity contribution < 1.29 is 4.74 Å². The van der Waals surface area contributed by atoms with E-state index in [2.05, 4.69) is 25.7 Å². The van der Waals surface area contributed by atoms with Crippen LogP contribution in [0.3, 0.4) is 0 Å². The predicted molar refractivity (Wildman–Crippen MR) is 80.2 cm³/mol. The van der Waals surface area contributed by atoms with Crippen LogP contribution in [0.5, 0.6) is 0 Å². The molecular formula is C16H32N2O. The normalized spacial score (nSPS) is 32.2. The van der Waals surface area contributed by atoms with Gasteiger partial charge in [-0.25, -0.2) is 0 Å². The van der Waals surface area contributed by atoms with Crippen LogP contribution in [-0.2, 0) is 4.74 Å². The standard InChI is InChI=1S/C16H32N2O/c1-4-8-18(11-14-5-6-14)16(12-17)7-9-19-15(10-16)13(2)3/h13-15H,4-12,17H2,1-3H3. The summed E-state index contributed by atoms with van der Waals surface area (Å²) in [6.45, 7) is 10.9. The van der Waals surface area contributed by atoms with Gasteiger partial charge < -0.3 is 10.5 Å². The molecule has 0 aromatic heterocycles. The van der Waals surface area contributed by atoms with Crippen LogP contribution in [0.2, 0.25) is 0 Å². The summed E-state index contributed by atoms with van der Waals surface area (Å²) in [5.74, 6) is 1.53. The summed E-state index contributed by atoms with van der Waals surface area (Å²) < 4.78 is 5.96. The predicted octanol–water partition coefficient (Wildman–Crippen LogP) is 2.64. The second kappa shape index (κ2) is 6.55. The van der Waals surface area contributed by atoms with E-state index in [1.54, 1.807) is 0 Å². The molecule has 2 unspecified atom stereocenters. The minimum atomic E-state index is 0.200. The molecule has 1 saturated heterocycles. The Balaban J connectivity index is 2.07. The van der Waals surface area contributed by atoms with E-state index >= 15 is 0 Å². The van der Waals surface area contributed by atoms with Crippen molar-refractivity contribution in [2.75, 3.05) is 26.2 Å². The molecule has 0 radical (unpaired) electrons. The van der Waals surface area contributed by atoms with Crippen molar-refractivity contribution in [2.45, 2.75) is 64.5 Å². The largest absolute Gasteiger partial charge is 0.378 e. The fourth-order valence-corrected chi connectivity index (χ4v) is 3.37. The molecule has 1 heterocycles. The van der Waals surface area contributed by atoms with Crippen molar-refractivity contribution in [3.8, 4) is 0 Å². The van der Waals surface area contributed by atoms with Crippen molar-refractivity contribution in [2.24, 2.45) is 17.6 Å². The molecule has 1 aliphatic carbocycles. The molecule has 0 amide bonds. The quantitative estimate of drug-likeness (QED) is 0.771. The number of ether oxygens (including phenoxy) is 1. The summed E-state index contributed by atoms with van der Waals surface area (Å²) in [7, 11) is 0. The Morgan fingerprint density at radius 3 is 2.63 bits per heavy atom. The molecule has 2 aliphatic rings. The van der Waals surface area contributed by atoms with E-state index < -0.39 is 0 Å². The third-order valence-corrected chi connectivity index (χ3v) is 4.94. The Morgan fingerprint density at radius 2 is 2.11 bits per heavy atom. The van der Waals surface area contributed by atoms with E-state index in [0.29, 0.717) is 12.0 Å². The number of rotatable bonds is 7. The zero-order valence-corrected chi connectivity index (χ0v) is 13.0. The lowest BCUT2D eigenvalue weighted by Gasteiger charge is -2.49. The number of hydrogen-bond donors (Lipinski definition) is 1. The third kappa shape index (κ3) is 3.71. The van der Waals surface area contributed by atoms with Crippen molar-refractivity contribution in [3.05, 3.63) is 0 Å². The van der Waals surface area contributed by atoms with Crippen LogP contribution >= 0.6 is 0 Å². The maximum absolute atomic E-state index is 6.23. The lowest BCUT2D eigenvalue weighted by Crippen LogP contribution is -2.59. The number of nitrogens with zero attached hydrogens (tertiary/aromatic N) is 1. The average molecular weight is 268 g/mol. The van der Waals surface area contributed by atoms with Crippen LogP contribution in [0.4, 0.5) is 0 Å². The van der Waals surface area contributed by atoms with Crippen molar-refractivity contribution in [1.29, 1.82) is 0 Å². The van der Waals surface area contributed by atoms with Gasteiger partial charge in [0, 0.05) is 25.2 Å². The van der Waals surface area contributed by atoms with E-state index in [0.717, 1.165) is 31.9 Å². The molecular weight excluding hydrogens is 236 g/mol. The van der Waals surface area contributed by atoms with E-state index in [-0.39, 0.29) is 5.54 Å². The van der Waals surface area contributed by atoms with Gasteiger partial charge in [0.15, 0.2) is 0 Å². The highest BCUT2D eigenvalue weighted by molar-refractivity contribution is 4.98. The van der Waals surface area contributed by atoms with Gasteiger partial charge in [0.05, 0.1) is 6.10 Å². The number of nitrogens with two attached hydrogens (primary N) is 1. The smallest absolute Gasteiger partial charge is 0.0616 e. The summed E-state index contributed by atoms with van der Waals surface area (Å²) in [6.07, 6.45) is 6.68. The second-order valence-electron chi connectivity index (χ2n) is 6.93. The highest BCUT2D eigenvalue weighted by Crippen LogP contribution is 2.37. The van der Waals surface area contributed by atoms with Gasteiger partial charge >= 0.3 is 0 Å². The van der Waals surface area contributed by atoms with Gasteiger partial charge in [-0.05, 0) is 50.5 Å². The van der Waals surface area contributed by atoms with Crippen molar-refractivity contribution in [3.63, 3.8) is 0 Å². The van der Waals surface area contributed by atoms with E-state index in [4.69, 9.17) is 10.5 Å². The first-order valence-corrected chi connectivity index (χ1v) is 8.18. The summed E-state index contributed by atoms with van der Waals surface area (Å²) in [5, 5.41) is 0. The Hall–Kier alpha value is -0.120. The highest BCUT2D eigenvalue weighted by atomic mass is 16.5. The molecule has 112 valence electrons. The molecule has 2 fully saturated rings. The molecule has 0 bridgehead atoms. The summed E-state index contributed by atoms with van der Waals surface area (Å²) in [4.78, 5) is 2.71. The van der Waals surface area contributed by atoms with Gasteiger partial charge in [0.25, 0.3) is 0 Å². The fourth-order valence-electron chi connectivity index (χ4n) is 3.37. The van der Waals surface area contributed by atoms with Crippen LogP contribution < -0.4 is 5.73 Å². The lowest BCUT2D eigenvalue weighted by atomic mass is 9.81. The van der Waals surface area contributed by atoms with Gasteiger partial charge in [-0.15, -0.1) is 0 Å². The Kier molecular flexibility index (Phi) is 5.27. The van der Waals surface area contributed by atoms with Crippen molar-refractivity contribution >= 4 is 0 Å². The first-order chi connectivity index (χ1) is 9.11. The van der Waals surface area contributed by atoms with Crippen LogP contribution in [0.25, 0.3) is 0 Å². The lowest BCUT2D eigenvalue weighted by molar-refractivity contribution is -0.0886. The highest BCUT2D eigenvalue weighted by Gasteiger charge is 2.42. The van der Waals surface area contributed by atoms with Gasteiger partial charge in [0.2, 0.25) is 0 Å². The van der Waals surface area contributed by atoms with Crippen LogP contribution in [0.15, 0.2) is 0 Å². The molecule has 3 nitrogen and oxygen atoms in total. The monoisotopic (exact) mass is 268 g/mol. The van der Waals surface area contributed by atoms with E-state index in [1.165, 1.54) is 32.4 Å². The Bertz CT molecular complexity index is 278. The van der Waals surface area contributed by atoms with Crippen molar-refractivity contribution in [1.82, 2.24) is 4.90 Å². The summed E-state index contributed by atoms with van der Waals surface area (Å²) >= 11 is 0. The molecule has 19 heavy (non-hydrogen) atoms. The first-order valence-electron chi connectivity index (χ1n) is 8.18. The van der Waals surface area contributed by atoms with Crippen LogP contribution in [0.1, 0.15) is 52.9 Å². The fraction of sp³-hybridized carbons (Fsp3) is 1.00. The minimum absolute atomic E-state index is 0.200. The second-order valence-corrected chi connectivity index (χ2v) is 6.93. The van der Waals surface area contributed by atoms with Gasteiger partial charge in [-0.3, -0.25) is 4.90 Å². The Morgan fingerprint density at radius 1 is 1.37 bits per heavy atom.